The Morgan fingerprint density at radius 2 is 2.32 bits per heavy atom. The van der Waals surface area contributed by atoms with Crippen molar-refractivity contribution in [2.45, 2.75) is 32.8 Å². The third-order valence-corrected chi connectivity index (χ3v) is 3.35. The Morgan fingerprint density at radius 3 is 3.00 bits per heavy atom. The van der Waals surface area contributed by atoms with E-state index in [9.17, 15) is 5.11 Å². The van der Waals surface area contributed by atoms with Crippen molar-refractivity contribution in [2.75, 3.05) is 12.0 Å². The number of hydrogen-bond acceptors (Lipinski definition) is 4. The third-order valence-electron chi connectivity index (χ3n) is 2.90. The summed E-state index contributed by atoms with van der Waals surface area (Å²) in [5.41, 5.74) is 5.09. The van der Waals surface area contributed by atoms with E-state index in [2.05, 4.69) is 23.4 Å². The molecule has 0 aliphatic rings. The van der Waals surface area contributed by atoms with E-state index < -0.39 is 6.10 Å². The molecule has 2 aromatic rings. The van der Waals surface area contributed by atoms with Crippen LogP contribution in [-0.4, -0.2) is 27.4 Å². The number of aliphatic hydroxyl groups is 1. The number of pyridine rings is 2. The van der Waals surface area contributed by atoms with Gasteiger partial charge in [-0.1, -0.05) is 25.6 Å². The molecule has 1 atom stereocenters. The number of fused-ring (bicyclic) bond motifs is 1. The fourth-order valence-corrected chi connectivity index (χ4v) is 2.33. The molecule has 0 amide bonds. The van der Waals surface area contributed by atoms with Gasteiger partial charge in [0, 0.05) is 11.6 Å². The molecule has 0 spiro atoms. The van der Waals surface area contributed by atoms with E-state index in [1.165, 1.54) is 0 Å². The van der Waals surface area contributed by atoms with Crippen LogP contribution in [0, 0.1) is 4.64 Å². The SMILES string of the molecule is CCCc1cc2cccnc2n(NCC(C)O)c1=S. The molecule has 0 fully saturated rings. The van der Waals surface area contributed by atoms with Crippen LogP contribution in [0.2, 0.25) is 0 Å². The highest BCUT2D eigenvalue weighted by atomic mass is 32.1. The summed E-state index contributed by atoms with van der Waals surface area (Å²) in [5, 5.41) is 10.5. The minimum atomic E-state index is -0.435. The zero-order chi connectivity index (χ0) is 13.8. The molecule has 0 aliphatic heterocycles. The largest absolute Gasteiger partial charge is 0.392 e. The number of aliphatic hydroxyl groups excluding tert-OH is 1. The lowest BCUT2D eigenvalue weighted by atomic mass is 10.1. The molecule has 0 radical (unpaired) electrons. The second-order valence-electron chi connectivity index (χ2n) is 4.69. The predicted molar refractivity (Wildman–Crippen MR) is 80.5 cm³/mol. The number of hydrogen-bond donors (Lipinski definition) is 2. The Labute approximate surface area is 118 Å². The maximum Gasteiger partial charge on any atom is 0.159 e. The molecular formula is C14H19N3OS. The monoisotopic (exact) mass is 277 g/mol. The zero-order valence-corrected chi connectivity index (χ0v) is 12.1. The average molecular weight is 277 g/mol. The van der Waals surface area contributed by atoms with Crippen molar-refractivity contribution in [3.63, 3.8) is 0 Å². The predicted octanol–water partition coefficient (Wildman–Crippen LogP) is 2.64. The Balaban J connectivity index is 2.56. The van der Waals surface area contributed by atoms with E-state index in [4.69, 9.17) is 12.2 Å². The molecule has 19 heavy (non-hydrogen) atoms. The van der Waals surface area contributed by atoms with Crippen molar-refractivity contribution in [3.8, 4) is 0 Å². The molecule has 0 bridgehead atoms. The Bertz CT molecular complexity index is 622. The highest BCUT2D eigenvalue weighted by Gasteiger charge is 2.07. The lowest BCUT2D eigenvalue weighted by Crippen LogP contribution is -2.25. The fraction of sp³-hybridized carbons (Fsp3) is 0.429. The van der Waals surface area contributed by atoms with E-state index >= 15 is 0 Å². The maximum absolute atomic E-state index is 9.42. The molecule has 0 saturated heterocycles. The van der Waals surface area contributed by atoms with Crippen LogP contribution < -0.4 is 5.43 Å². The first-order chi connectivity index (χ1) is 9.13. The first-order valence-corrected chi connectivity index (χ1v) is 6.96. The molecule has 102 valence electrons. The van der Waals surface area contributed by atoms with Gasteiger partial charge < -0.3 is 10.5 Å². The highest BCUT2D eigenvalue weighted by molar-refractivity contribution is 7.71. The van der Waals surface area contributed by atoms with E-state index in [0.29, 0.717) is 6.54 Å². The van der Waals surface area contributed by atoms with Gasteiger partial charge in [0.05, 0.1) is 12.6 Å². The van der Waals surface area contributed by atoms with Crippen molar-refractivity contribution >= 4 is 23.3 Å². The Kier molecular flexibility index (Phi) is 4.50. The van der Waals surface area contributed by atoms with Gasteiger partial charge in [-0.2, -0.15) is 0 Å². The van der Waals surface area contributed by atoms with Crippen molar-refractivity contribution in [3.05, 3.63) is 34.6 Å². The quantitative estimate of drug-likeness (QED) is 0.825. The minimum absolute atomic E-state index is 0.435. The summed E-state index contributed by atoms with van der Waals surface area (Å²) in [6.45, 7) is 4.31. The summed E-state index contributed by atoms with van der Waals surface area (Å²) in [6.07, 6.45) is 3.30. The van der Waals surface area contributed by atoms with Crippen molar-refractivity contribution in [2.24, 2.45) is 0 Å². The van der Waals surface area contributed by atoms with Crippen molar-refractivity contribution in [1.29, 1.82) is 0 Å². The number of nitrogens with zero attached hydrogens (tertiary/aromatic N) is 2. The van der Waals surface area contributed by atoms with Gasteiger partial charge in [0.25, 0.3) is 0 Å². The maximum atomic E-state index is 9.42. The second-order valence-corrected chi connectivity index (χ2v) is 5.07. The topological polar surface area (TPSA) is 50.1 Å². The van der Waals surface area contributed by atoms with Gasteiger partial charge in [0.1, 0.15) is 4.64 Å². The molecule has 2 rings (SSSR count). The number of rotatable bonds is 5. The van der Waals surface area contributed by atoms with Crippen LogP contribution in [0.25, 0.3) is 11.0 Å². The van der Waals surface area contributed by atoms with Crippen LogP contribution in [0.1, 0.15) is 25.8 Å². The number of nitrogens with one attached hydrogen (secondary N) is 1. The summed E-state index contributed by atoms with van der Waals surface area (Å²) in [6, 6.07) is 6.05. The van der Waals surface area contributed by atoms with Gasteiger partial charge in [0.15, 0.2) is 5.65 Å². The standard InChI is InChI=1S/C14H19N3OS/c1-3-5-12-8-11-6-4-7-15-13(11)17(14(12)19)16-9-10(2)18/h4,6-8,10,16,18H,3,5,9H2,1-2H3. The molecular weight excluding hydrogens is 258 g/mol. The average Bonchev–Trinajstić information content (AvgIpc) is 2.39. The third kappa shape index (κ3) is 3.11. The van der Waals surface area contributed by atoms with E-state index in [-0.39, 0.29) is 0 Å². The van der Waals surface area contributed by atoms with Crippen LogP contribution in [0.15, 0.2) is 24.4 Å². The Hall–Kier alpha value is -1.46. The fourth-order valence-electron chi connectivity index (χ4n) is 2.02. The summed E-state index contributed by atoms with van der Waals surface area (Å²) >= 11 is 5.52. The summed E-state index contributed by atoms with van der Waals surface area (Å²) in [7, 11) is 0. The van der Waals surface area contributed by atoms with Gasteiger partial charge >= 0.3 is 0 Å². The van der Waals surface area contributed by atoms with E-state index in [0.717, 1.165) is 34.1 Å². The molecule has 5 heteroatoms. The van der Waals surface area contributed by atoms with Crippen LogP contribution >= 0.6 is 12.2 Å². The van der Waals surface area contributed by atoms with Crippen molar-refractivity contribution in [1.82, 2.24) is 9.66 Å². The first kappa shape index (κ1) is 14.0. The van der Waals surface area contributed by atoms with Gasteiger partial charge in [-0.05, 0) is 37.1 Å². The minimum Gasteiger partial charge on any atom is -0.392 e. The lowest BCUT2D eigenvalue weighted by molar-refractivity contribution is 0.205. The van der Waals surface area contributed by atoms with Gasteiger partial charge in [0.2, 0.25) is 0 Å². The molecule has 0 aromatic carbocycles. The van der Waals surface area contributed by atoms with Crippen LogP contribution in [0.4, 0.5) is 0 Å². The zero-order valence-electron chi connectivity index (χ0n) is 11.3. The second kappa shape index (κ2) is 6.12. The molecule has 4 nitrogen and oxygen atoms in total. The highest BCUT2D eigenvalue weighted by Crippen LogP contribution is 2.16. The van der Waals surface area contributed by atoms with Crippen LogP contribution in [0.3, 0.4) is 0 Å². The lowest BCUT2D eigenvalue weighted by Gasteiger charge is -2.16. The molecule has 0 aliphatic carbocycles. The Morgan fingerprint density at radius 1 is 1.53 bits per heavy atom. The summed E-state index contributed by atoms with van der Waals surface area (Å²) < 4.78 is 2.55. The van der Waals surface area contributed by atoms with Crippen molar-refractivity contribution < 1.29 is 5.11 Å². The van der Waals surface area contributed by atoms with Crippen LogP contribution in [0.5, 0.6) is 0 Å². The summed E-state index contributed by atoms with van der Waals surface area (Å²) in [5.74, 6) is 0. The van der Waals surface area contributed by atoms with E-state index in [1.807, 2.05) is 16.8 Å². The smallest absolute Gasteiger partial charge is 0.159 e. The number of aryl methyl sites for hydroxylation is 1. The first-order valence-electron chi connectivity index (χ1n) is 6.55. The summed E-state index contributed by atoms with van der Waals surface area (Å²) in [4.78, 5) is 4.37. The normalized spacial score (nSPS) is 12.6. The van der Waals surface area contributed by atoms with Gasteiger partial charge in [-0.25, -0.2) is 9.66 Å². The molecule has 0 saturated carbocycles. The van der Waals surface area contributed by atoms with Crippen LogP contribution in [-0.2, 0) is 6.42 Å². The molecule has 2 heterocycles. The molecule has 2 N–H and O–H groups in total. The number of aromatic nitrogens is 2. The molecule has 2 aromatic heterocycles. The van der Waals surface area contributed by atoms with E-state index in [1.54, 1.807) is 13.1 Å². The molecule has 1 unspecified atom stereocenters. The van der Waals surface area contributed by atoms with Gasteiger partial charge in [-0.15, -0.1) is 0 Å². The van der Waals surface area contributed by atoms with Gasteiger partial charge in [-0.3, -0.25) is 0 Å².